The molecule has 0 fully saturated rings. The molecule has 0 bridgehead atoms. The van der Waals surface area contributed by atoms with Gasteiger partial charge in [-0.1, -0.05) is 210 Å². The molecule has 79 heavy (non-hydrogen) atoms. The first-order valence-corrected chi connectivity index (χ1v) is 33.6. The second-order valence-electron chi connectivity index (χ2n) is 20.5. The van der Waals surface area contributed by atoms with Crippen molar-refractivity contribution >= 4 is 33.6 Å². The molecule has 0 heterocycles. The summed E-state index contributed by atoms with van der Waals surface area (Å²) in [6.07, 6.45) is 52.9. The number of aliphatic hydroxyl groups excluding tert-OH is 2. The van der Waals surface area contributed by atoms with Crippen LogP contribution in [-0.2, 0) is 55.8 Å². The number of hydrogen-bond acceptors (Lipinski definition) is 14. The highest BCUT2D eigenvalue weighted by atomic mass is 31.2. The summed E-state index contributed by atoms with van der Waals surface area (Å²) in [6, 6.07) is 0. The van der Waals surface area contributed by atoms with Crippen molar-refractivity contribution in [2.75, 3.05) is 39.6 Å². The predicted octanol–water partition coefficient (Wildman–Crippen LogP) is 15.9. The highest BCUT2D eigenvalue weighted by Crippen LogP contribution is 2.45. The Hall–Kier alpha value is -2.75. The van der Waals surface area contributed by atoms with Gasteiger partial charge in [0.2, 0.25) is 0 Å². The number of rotatable bonds is 58. The van der Waals surface area contributed by atoms with E-state index in [9.17, 15) is 43.5 Å². The average molecular weight is 1160 g/mol. The summed E-state index contributed by atoms with van der Waals surface area (Å²) in [4.78, 5) is 58.0. The number of ether oxygens (including phenoxy) is 3. The van der Waals surface area contributed by atoms with Crippen LogP contribution in [0, 0.1) is 0 Å². The molecule has 0 rings (SSSR count). The van der Waals surface area contributed by atoms with E-state index in [-0.39, 0.29) is 19.3 Å². The van der Waals surface area contributed by atoms with E-state index in [0.29, 0.717) is 19.3 Å². The van der Waals surface area contributed by atoms with E-state index < -0.39 is 91.5 Å². The second-order valence-corrected chi connectivity index (χ2v) is 23.4. The number of hydrogen-bond donors (Lipinski definition) is 4. The lowest BCUT2D eigenvalue weighted by atomic mass is 10.1. The number of aliphatic hydroxyl groups is 2. The monoisotopic (exact) mass is 1160 g/mol. The Kier molecular flexibility index (Phi) is 53.8. The smallest absolute Gasteiger partial charge is 0.463 e. The Morgan fingerprint density at radius 2 is 0.671 bits per heavy atom. The summed E-state index contributed by atoms with van der Waals surface area (Å²) < 4.78 is 60.6. The fraction of sp³-hybridized carbons (Fsp3) is 0.787. The largest absolute Gasteiger partial charge is 0.472 e. The molecule has 0 aromatic carbocycles. The summed E-state index contributed by atoms with van der Waals surface area (Å²) >= 11 is 0. The predicted molar refractivity (Wildman–Crippen MR) is 316 cm³/mol. The van der Waals surface area contributed by atoms with Gasteiger partial charge < -0.3 is 34.2 Å². The van der Waals surface area contributed by atoms with Gasteiger partial charge in [-0.15, -0.1) is 0 Å². The summed E-state index contributed by atoms with van der Waals surface area (Å²) in [5.74, 6) is -1.59. The van der Waals surface area contributed by atoms with Crippen LogP contribution >= 0.6 is 15.6 Å². The van der Waals surface area contributed by atoms with E-state index in [4.69, 9.17) is 32.3 Å². The maximum atomic E-state index is 12.8. The summed E-state index contributed by atoms with van der Waals surface area (Å²) in [5.41, 5.74) is 0. The molecule has 0 aliphatic heterocycles. The molecule has 0 aliphatic carbocycles. The maximum Gasteiger partial charge on any atom is 0.472 e. The first-order valence-electron chi connectivity index (χ1n) is 30.6. The SMILES string of the molecule is CC/C=C\C/C=C\C/C=C\C/C=C\CCCCCCCCC(=O)OCC(O)COP(=O)(O)OCC(O)COP(=O)(O)OCC(COC(=O)CCCCCCC/C=C\CCCCCC)OC(=O)CCCCCCCCCCCCC. The van der Waals surface area contributed by atoms with E-state index in [1.165, 1.54) is 64.2 Å². The number of esters is 3. The van der Waals surface area contributed by atoms with E-state index in [1.54, 1.807) is 0 Å². The van der Waals surface area contributed by atoms with Gasteiger partial charge >= 0.3 is 33.6 Å². The van der Waals surface area contributed by atoms with Crippen molar-refractivity contribution in [1.29, 1.82) is 0 Å². The van der Waals surface area contributed by atoms with Crippen LogP contribution in [0.5, 0.6) is 0 Å². The molecular weight excluding hydrogens is 1050 g/mol. The molecule has 5 atom stereocenters. The van der Waals surface area contributed by atoms with Gasteiger partial charge in [-0.25, -0.2) is 9.13 Å². The van der Waals surface area contributed by atoms with Crippen molar-refractivity contribution in [2.24, 2.45) is 0 Å². The number of carbonyl (C=O) groups is 3. The molecule has 0 saturated carbocycles. The van der Waals surface area contributed by atoms with Gasteiger partial charge in [-0.05, 0) is 83.5 Å². The fourth-order valence-corrected chi connectivity index (χ4v) is 9.61. The molecule has 4 N–H and O–H groups in total. The average Bonchev–Trinajstić information content (AvgIpc) is 3.42. The third-order valence-electron chi connectivity index (χ3n) is 12.7. The molecule has 0 amide bonds. The van der Waals surface area contributed by atoms with Crippen LogP contribution < -0.4 is 0 Å². The normalized spacial score (nSPS) is 14.9. The third-order valence-corrected chi connectivity index (χ3v) is 14.6. The van der Waals surface area contributed by atoms with Crippen LogP contribution in [0.15, 0.2) is 60.8 Å². The van der Waals surface area contributed by atoms with Crippen LogP contribution in [0.3, 0.4) is 0 Å². The first kappa shape index (κ1) is 76.2. The van der Waals surface area contributed by atoms with E-state index in [1.807, 2.05) is 0 Å². The molecule has 0 radical (unpaired) electrons. The van der Waals surface area contributed by atoms with Gasteiger partial charge in [-0.3, -0.25) is 32.5 Å². The summed E-state index contributed by atoms with van der Waals surface area (Å²) in [5, 5.41) is 20.5. The lowest BCUT2D eigenvalue weighted by Gasteiger charge is -2.21. The molecule has 16 nitrogen and oxygen atoms in total. The minimum atomic E-state index is -4.91. The van der Waals surface area contributed by atoms with Gasteiger partial charge in [0.1, 0.15) is 25.4 Å². The molecule has 0 spiro atoms. The number of unbranched alkanes of at least 4 members (excludes halogenated alkanes) is 25. The highest BCUT2D eigenvalue weighted by Gasteiger charge is 2.29. The molecule has 0 aromatic heterocycles. The summed E-state index contributed by atoms with van der Waals surface area (Å²) in [7, 11) is -9.75. The van der Waals surface area contributed by atoms with Gasteiger partial charge in [0.05, 0.1) is 26.4 Å². The number of allylic oxidation sites excluding steroid dienone is 10. The minimum absolute atomic E-state index is 0.108. The Morgan fingerprint density at radius 1 is 0.367 bits per heavy atom. The van der Waals surface area contributed by atoms with Crippen molar-refractivity contribution in [2.45, 2.75) is 270 Å². The molecule has 0 saturated heterocycles. The van der Waals surface area contributed by atoms with Crippen LogP contribution in [0.2, 0.25) is 0 Å². The van der Waals surface area contributed by atoms with Crippen molar-refractivity contribution in [3.63, 3.8) is 0 Å². The van der Waals surface area contributed by atoms with Crippen LogP contribution in [-0.4, -0.2) is 95.9 Å². The van der Waals surface area contributed by atoms with E-state index >= 15 is 0 Å². The van der Waals surface area contributed by atoms with Crippen molar-refractivity contribution in [3.05, 3.63) is 60.8 Å². The van der Waals surface area contributed by atoms with Gasteiger partial charge in [0.25, 0.3) is 0 Å². The zero-order valence-corrected chi connectivity index (χ0v) is 51.1. The van der Waals surface area contributed by atoms with Crippen LogP contribution in [0.4, 0.5) is 0 Å². The molecule has 18 heteroatoms. The molecule has 460 valence electrons. The lowest BCUT2D eigenvalue weighted by Crippen LogP contribution is -2.30. The number of carbonyl (C=O) groups excluding carboxylic acids is 3. The number of phosphoric ester groups is 2. The first-order chi connectivity index (χ1) is 38.2. The van der Waals surface area contributed by atoms with Gasteiger partial charge in [-0.2, -0.15) is 0 Å². The number of phosphoric acid groups is 2. The van der Waals surface area contributed by atoms with Crippen molar-refractivity contribution in [3.8, 4) is 0 Å². The quantitative estimate of drug-likeness (QED) is 0.0146. The van der Waals surface area contributed by atoms with Crippen molar-refractivity contribution < 1.29 is 75.8 Å². The van der Waals surface area contributed by atoms with Crippen molar-refractivity contribution in [1.82, 2.24) is 0 Å². The molecular formula is C61H110O16P2. The Balaban J connectivity index is 4.59. The topological polar surface area (TPSA) is 231 Å². The van der Waals surface area contributed by atoms with Gasteiger partial charge in [0.15, 0.2) is 6.10 Å². The molecule has 0 aromatic rings. The zero-order chi connectivity index (χ0) is 58.2. The van der Waals surface area contributed by atoms with E-state index in [0.717, 1.165) is 128 Å². The summed E-state index contributed by atoms with van der Waals surface area (Å²) in [6.45, 7) is 2.50. The van der Waals surface area contributed by atoms with Crippen LogP contribution in [0.1, 0.15) is 252 Å². The minimum Gasteiger partial charge on any atom is -0.463 e. The Morgan fingerprint density at radius 3 is 1.09 bits per heavy atom. The zero-order valence-electron chi connectivity index (χ0n) is 49.3. The fourth-order valence-electron chi connectivity index (χ4n) is 8.03. The Labute approximate surface area is 478 Å². The lowest BCUT2D eigenvalue weighted by molar-refractivity contribution is -0.161. The van der Waals surface area contributed by atoms with E-state index in [2.05, 4.69) is 81.5 Å². The highest BCUT2D eigenvalue weighted by molar-refractivity contribution is 7.47. The maximum absolute atomic E-state index is 12.8. The van der Waals surface area contributed by atoms with Gasteiger partial charge in [0, 0.05) is 19.3 Å². The third kappa shape index (κ3) is 56.9. The molecule has 5 unspecified atom stereocenters. The standard InChI is InChI=1S/C61H110O16P2/c1-4-7-10-13-16-19-22-24-25-26-27-28-29-31-34-35-38-41-44-47-59(64)71-50-56(62)51-73-78(67,68)74-52-57(63)53-75-79(69,70)76-55-58(77-61(66)49-46-43-40-37-32-21-18-15-12-9-6-3)54-72-60(65)48-45-42-39-36-33-30-23-20-17-14-11-8-5-2/h7,10,16,19-20,23-25,27-28,56-58,62-63H,4-6,8-9,11-15,17-18,21-22,26,29-55H2,1-3H3,(H,67,68)(H,69,70)/b10-7-,19-16-,23-20-,25-24-,28-27-. The second kappa shape index (κ2) is 55.8. The Bertz CT molecular complexity index is 1700. The van der Waals surface area contributed by atoms with Crippen LogP contribution in [0.25, 0.3) is 0 Å². The molecule has 0 aliphatic rings.